The van der Waals surface area contributed by atoms with Crippen LogP contribution in [-0.2, 0) is 13.6 Å². The number of rotatable bonds is 2. The summed E-state index contributed by atoms with van der Waals surface area (Å²) in [6.07, 6.45) is 5.77. The lowest BCUT2D eigenvalue weighted by molar-refractivity contribution is -0.670. The van der Waals surface area contributed by atoms with Crippen LogP contribution in [0.5, 0.6) is 0 Å². The fourth-order valence-electron chi connectivity index (χ4n) is 1.44. The van der Waals surface area contributed by atoms with Crippen LogP contribution >= 0.6 is 23.8 Å². The molecule has 3 nitrogen and oxygen atoms in total. The summed E-state index contributed by atoms with van der Waals surface area (Å²) in [5.74, 6) is 0. The molecular formula is C12H13ClIN3S. The topological polar surface area (TPSA) is 20.8 Å². The third-order valence-corrected chi connectivity index (χ3v) is 2.97. The van der Waals surface area contributed by atoms with Crippen molar-refractivity contribution in [2.45, 2.75) is 6.54 Å². The third kappa shape index (κ3) is 4.22. The van der Waals surface area contributed by atoms with Gasteiger partial charge in [-0.1, -0.05) is 23.7 Å². The molecule has 6 heteroatoms. The normalized spacial score (nSPS) is 9.67. The maximum atomic E-state index is 5.82. The van der Waals surface area contributed by atoms with Gasteiger partial charge in [-0.15, -0.1) is 0 Å². The van der Waals surface area contributed by atoms with Crippen LogP contribution in [0.15, 0.2) is 43.0 Å². The molecule has 96 valence electrons. The number of halogens is 2. The van der Waals surface area contributed by atoms with Crippen molar-refractivity contribution < 1.29 is 28.5 Å². The molecule has 1 aromatic carbocycles. The molecule has 0 fully saturated rings. The molecule has 0 unspecified atom stereocenters. The summed E-state index contributed by atoms with van der Waals surface area (Å²) in [6.45, 7) is 0.692. The number of thiocarbonyl (C=S) groups is 1. The Labute approximate surface area is 134 Å². The van der Waals surface area contributed by atoms with Gasteiger partial charge in [0.05, 0.1) is 7.05 Å². The molecule has 0 aliphatic rings. The summed E-state index contributed by atoms with van der Waals surface area (Å²) in [5, 5.41) is 4.61. The van der Waals surface area contributed by atoms with Crippen molar-refractivity contribution >= 4 is 28.9 Å². The second kappa shape index (κ2) is 7.06. The molecule has 2 aromatic rings. The van der Waals surface area contributed by atoms with E-state index < -0.39 is 0 Å². The van der Waals surface area contributed by atoms with Crippen LogP contribution in [0.2, 0.25) is 5.02 Å². The van der Waals surface area contributed by atoms with Gasteiger partial charge >= 0.3 is 0 Å². The second-order valence-electron chi connectivity index (χ2n) is 3.77. The first kappa shape index (κ1) is 15.4. The highest BCUT2D eigenvalue weighted by atomic mass is 127. The maximum Gasteiger partial charge on any atom is 0.267 e. The molecule has 0 amide bonds. The van der Waals surface area contributed by atoms with Crippen LogP contribution in [0.1, 0.15) is 5.56 Å². The number of nitrogens with one attached hydrogen (secondary N) is 1. The van der Waals surface area contributed by atoms with Crippen LogP contribution in [-0.4, -0.2) is 9.68 Å². The number of benzene rings is 1. The maximum absolute atomic E-state index is 5.82. The molecule has 0 aliphatic heterocycles. The first-order valence-corrected chi connectivity index (χ1v) is 5.99. The van der Waals surface area contributed by atoms with Gasteiger partial charge in [0.15, 0.2) is 0 Å². The quantitative estimate of drug-likeness (QED) is 0.397. The Bertz CT molecular complexity index is 524. The number of aryl methyl sites for hydroxylation is 1. The summed E-state index contributed by atoms with van der Waals surface area (Å²) in [6, 6.07) is 7.70. The first-order valence-electron chi connectivity index (χ1n) is 5.21. The highest BCUT2D eigenvalue weighted by Crippen LogP contribution is 2.09. The van der Waals surface area contributed by atoms with Crippen molar-refractivity contribution in [3.8, 4) is 0 Å². The molecule has 0 bridgehead atoms. The fourth-order valence-corrected chi connectivity index (χ4v) is 1.75. The van der Waals surface area contributed by atoms with Crippen molar-refractivity contribution in [2.24, 2.45) is 7.05 Å². The highest BCUT2D eigenvalue weighted by Gasteiger charge is 2.06. The Balaban J connectivity index is 0.00000162. The van der Waals surface area contributed by atoms with Gasteiger partial charge in [0.25, 0.3) is 11.4 Å². The van der Waals surface area contributed by atoms with E-state index in [4.69, 9.17) is 23.8 Å². The number of nitrogens with zero attached hydrogens (tertiary/aromatic N) is 2. The summed E-state index contributed by atoms with van der Waals surface area (Å²) >= 11 is 11.1. The third-order valence-electron chi connectivity index (χ3n) is 2.36. The number of hydrogen-bond donors (Lipinski definition) is 1. The first-order chi connectivity index (χ1) is 8.15. The molecule has 18 heavy (non-hydrogen) atoms. The lowest BCUT2D eigenvalue weighted by Gasteiger charge is -2.04. The zero-order chi connectivity index (χ0) is 12.3. The molecule has 0 aliphatic carbocycles. The summed E-state index contributed by atoms with van der Waals surface area (Å²) < 4.78 is 3.81. The van der Waals surface area contributed by atoms with Gasteiger partial charge in [-0.25, -0.2) is 4.57 Å². The van der Waals surface area contributed by atoms with Gasteiger partial charge in [-0.05, 0) is 29.9 Å². The Kier molecular flexibility index (Phi) is 6.04. The molecule has 0 saturated carbocycles. The lowest BCUT2D eigenvalue weighted by Crippen LogP contribution is -3.00. The summed E-state index contributed by atoms with van der Waals surface area (Å²) in [5.41, 5.74) is 1.15. The van der Waals surface area contributed by atoms with E-state index in [0.717, 1.165) is 10.6 Å². The minimum atomic E-state index is 0. The molecule has 1 N–H and O–H groups in total. The lowest BCUT2D eigenvalue weighted by atomic mass is 10.2. The highest BCUT2D eigenvalue weighted by molar-refractivity contribution is 7.80. The molecule has 0 saturated heterocycles. The van der Waals surface area contributed by atoms with Crippen molar-refractivity contribution in [3.63, 3.8) is 0 Å². The van der Waals surface area contributed by atoms with Gasteiger partial charge in [-0.3, -0.25) is 0 Å². The Hall–Kier alpha value is -0.660. The average molecular weight is 394 g/mol. The van der Waals surface area contributed by atoms with Crippen LogP contribution in [0, 0.1) is 0 Å². The number of aromatic nitrogens is 2. The van der Waals surface area contributed by atoms with Crippen LogP contribution < -0.4 is 33.9 Å². The van der Waals surface area contributed by atoms with E-state index in [9.17, 15) is 0 Å². The van der Waals surface area contributed by atoms with E-state index in [1.54, 1.807) is 0 Å². The van der Waals surface area contributed by atoms with E-state index in [2.05, 4.69) is 5.32 Å². The van der Waals surface area contributed by atoms with Crippen LogP contribution in [0.3, 0.4) is 0 Å². The van der Waals surface area contributed by atoms with Crippen molar-refractivity contribution in [1.82, 2.24) is 9.88 Å². The van der Waals surface area contributed by atoms with Crippen molar-refractivity contribution in [2.75, 3.05) is 0 Å². The van der Waals surface area contributed by atoms with Crippen LogP contribution in [0.4, 0.5) is 0 Å². The molecule has 0 spiro atoms. The van der Waals surface area contributed by atoms with Gasteiger partial charge in [0.2, 0.25) is 0 Å². The van der Waals surface area contributed by atoms with E-state index in [0.29, 0.717) is 11.7 Å². The van der Waals surface area contributed by atoms with Crippen molar-refractivity contribution in [1.29, 1.82) is 0 Å². The Morgan fingerprint density at radius 2 is 2.06 bits per heavy atom. The molecule has 2 rings (SSSR count). The summed E-state index contributed by atoms with van der Waals surface area (Å²) in [4.78, 5) is 0. The standard InChI is InChI=1S/C12H12ClN3S.HI/c1-15-6-7-16(9-15)12(17)14-8-10-2-4-11(13)5-3-10;/h2-7,9H,8H2,1H3;1H. The SMILES string of the molecule is C[n+]1ccn(C(=S)NCc2ccc(Cl)cc2)c1.[I-]. The smallest absolute Gasteiger partial charge is 0.267 e. The van der Waals surface area contributed by atoms with Crippen LogP contribution in [0.25, 0.3) is 0 Å². The Morgan fingerprint density at radius 3 is 2.61 bits per heavy atom. The molecule has 0 radical (unpaired) electrons. The largest absolute Gasteiger partial charge is 1.00 e. The predicted molar refractivity (Wildman–Crippen MR) is 71.9 cm³/mol. The average Bonchev–Trinajstić information content (AvgIpc) is 2.75. The van der Waals surface area contributed by atoms with E-state index in [-0.39, 0.29) is 24.0 Å². The predicted octanol–water partition coefficient (Wildman–Crippen LogP) is -1.11. The number of hydrogen-bond acceptors (Lipinski definition) is 1. The van der Waals surface area contributed by atoms with E-state index >= 15 is 0 Å². The van der Waals surface area contributed by atoms with Gasteiger partial charge in [0, 0.05) is 11.6 Å². The Morgan fingerprint density at radius 1 is 1.39 bits per heavy atom. The molecular weight excluding hydrogens is 381 g/mol. The summed E-state index contributed by atoms with van der Waals surface area (Å²) in [7, 11) is 1.96. The zero-order valence-electron chi connectivity index (χ0n) is 9.81. The van der Waals surface area contributed by atoms with E-state index in [1.807, 2.05) is 59.2 Å². The van der Waals surface area contributed by atoms with Gasteiger partial charge < -0.3 is 29.3 Å². The molecule has 1 aromatic heterocycles. The second-order valence-corrected chi connectivity index (χ2v) is 4.59. The fraction of sp³-hybridized carbons (Fsp3) is 0.167. The molecule has 1 heterocycles. The minimum absolute atomic E-state index is 0. The number of imidazole rings is 1. The minimum Gasteiger partial charge on any atom is -1.00 e. The van der Waals surface area contributed by atoms with E-state index in [1.165, 1.54) is 0 Å². The van der Waals surface area contributed by atoms with Crippen molar-refractivity contribution in [3.05, 3.63) is 53.6 Å². The van der Waals surface area contributed by atoms with Gasteiger partial charge in [-0.2, -0.15) is 4.57 Å². The monoisotopic (exact) mass is 393 g/mol. The zero-order valence-corrected chi connectivity index (χ0v) is 13.5. The van der Waals surface area contributed by atoms with Gasteiger partial charge in [0.1, 0.15) is 12.4 Å². The molecule has 0 atom stereocenters.